The van der Waals surface area contributed by atoms with Crippen LogP contribution in [0.2, 0.25) is 0 Å². The second-order valence-electron chi connectivity index (χ2n) is 5.17. The first-order valence-corrected chi connectivity index (χ1v) is 8.52. The molecule has 0 spiro atoms. The molecule has 1 amide bonds. The molecule has 0 saturated carbocycles. The van der Waals surface area contributed by atoms with E-state index in [1.165, 1.54) is 33.5 Å². The molecule has 27 heavy (non-hydrogen) atoms. The maximum absolute atomic E-state index is 11.9. The standard InChI is InChI=1S/C13H15NO4.C6H5F.C2H6/c1-8-7-14(13(8)15)9-5-10(16-2)12(18-4)11(6-9)17-3;7-6-4-2-1-3-5-6;1-2/h5-6H,1,7H2,2-4H3;1-5H;1-2H3. The second-order valence-corrected chi connectivity index (χ2v) is 5.17. The van der Waals surface area contributed by atoms with Gasteiger partial charge in [0.15, 0.2) is 11.5 Å². The Balaban J connectivity index is 0.000000338. The average molecular weight is 375 g/mol. The van der Waals surface area contributed by atoms with Crippen molar-refractivity contribution in [3.8, 4) is 17.2 Å². The van der Waals surface area contributed by atoms with Crippen LogP contribution >= 0.6 is 0 Å². The van der Waals surface area contributed by atoms with E-state index in [9.17, 15) is 9.18 Å². The first kappa shape index (κ1) is 22.0. The zero-order valence-corrected chi connectivity index (χ0v) is 16.4. The molecule has 5 nitrogen and oxygen atoms in total. The molecule has 1 aliphatic heterocycles. The van der Waals surface area contributed by atoms with Gasteiger partial charge in [-0.1, -0.05) is 38.6 Å². The molecule has 3 rings (SSSR count). The lowest BCUT2D eigenvalue weighted by molar-refractivity contribution is -0.117. The van der Waals surface area contributed by atoms with E-state index in [1.54, 1.807) is 35.2 Å². The molecule has 6 heteroatoms. The van der Waals surface area contributed by atoms with E-state index in [1.807, 2.05) is 13.8 Å². The molecule has 146 valence electrons. The number of benzene rings is 2. The third-order valence-electron chi connectivity index (χ3n) is 3.59. The lowest BCUT2D eigenvalue weighted by Gasteiger charge is -2.33. The molecule has 0 unspecified atom stereocenters. The topological polar surface area (TPSA) is 48.0 Å². The fourth-order valence-corrected chi connectivity index (χ4v) is 2.28. The summed E-state index contributed by atoms with van der Waals surface area (Å²) in [6, 6.07) is 11.4. The van der Waals surface area contributed by atoms with Crippen molar-refractivity contribution in [2.24, 2.45) is 0 Å². The summed E-state index contributed by atoms with van der Waals surface area (Å²) < 4.78 is 27.6. The van der Waals surface area contributed by atoms with Crippen molar-refractivity contribution < 1.29 is 23.4 Å². The Hall–Kier alpha value is -3.02. The van der Waals surface area contributed by atoms with Crippen molar-refractivity contribution in [1.29, 1.82) is 0 Å². The SMILES string of the molecule is C=C1CN(c2cc(OC)c(OC)c(OC)c2)C1=O.CC.Fc1ccccc1. The Bertz CT molecular complexity index is 737. The first-order chi connectivity index (χ1) is 13.0. The van der Waals surface area contributed by atoms with Crippen molar-refractivity contribution in [3.05, 3.63) is 60.4 Å². The summed E-state index contributed by atoms with van der Waals surface area (Å²) in [6.07, 6.45) is 0. The number of hydrogen-bond acceptors (Lipinski definition) is 4. The number of methoxy groups -OCH3 is 3. The van der Waals surface area contributed by atoms with Crippen molar-refractivity contribution in [3.63, 3.8) is 0 Å². The smallest absolute Gasteiger partial charge is 0.255 e. The zero-order chi connectivity index (χ0) is 20.4. The molecule has 0 aliphatic carbocycles. The van der Waals surface area contributed by atoms with Crippen molar-refractivity contribution in [2.45, 2.75) is 13.8 Å². The van der Waals surface area contributed by atoms with E-state index in [4.69, 9.17) is 14.2 Å². The number of rotatable bonds is 4. The largest absolute Gasteiger partial charge is 0.493 e. The quantitative estimate of drug-likeness (QED) is 0.584. The minimum Gasteiger partial charge on any atom is -0.493 e. The monoisotopic (exact) mass is 375 g/mol. The van der Waals surface area contributed by atoms with Crippen molar-refractivity contribution in [1.82, 2.24) is 0 Å². The highest BCUT2D eigenvalue weighted by Crippen LogP contribution is 2.42. The Labute approximate surface area is 160 Å². The lowest BCUT2D eigenvalue weighted by atomic mass is 10.1. The van der Waals surface area contributed by atoms with E-state index in [2.05, 4.69) is 6.58 Å². The van der Waals surface area contributed by atoms with E-state index in [0.29, 0.717) is 35.1 Å². The Morgan fingerprint density at radius 3 is 1.78 bits per heavy atom. The summed E-state index contributed by atoms with van der Waals surface area (Å²) in [5, 5.41) is 0. The number of anilines is 1. The summed E-state index contributed by atoms with van der Waals surface area (Å²) >= 11 is 0. The van der Waals surface area contributed by atoms with Crippen LogP contribution in [0.15, 0.2) is 54.6 Å². The number of halogens is 1. The van der Waals surface area contributed by atoms with Gasteiger partial charge in [-0.15, -0.1) is 0 Å². The highest BCUT2D eigenvalue weighted by Gasteiger charge is 2.31. The van der Waals surface area contributed by atoms with Gasteiger partial charge in [-0.05, 0) is 12.1 Å². The Morgan fingerprint density at radius 2 is 1.48 bits per heavy atom. The minimum absolute atomic E-state index is 0.0794. The predicted molar refractivity (Wildman–Crippen MR) is 105 cm³/mol. The van der Waals surface area contributed by atoms with Crippen molar-refractivity contribution >= 4 is 11.6 Å². The normalized spacial score (nSPS) is 12.0. The Kier molecular flexibility index (Phi) is 8.85. The van der Waals surface area contributed by atoms with Crippen LogP contribution in [0.1, 0.15) is 13.8 Å². The zero-order valence-electron chi connectivity index (χ0n) is 16.4. The third kappa shape index (κ3) is 5.48. The fraction of sp³-hybridized carbons (Fsp3) is 0.286. The number of amides is 1. The average Bonchev–Trinajstić information content (AvgIpc) is 2.73. The maximum atomic E-state index is 11.9. The number of nitrogens with zero attached hydrogens (tertiary/aromatic N) is 1. The number of hydrogen-bond donors (Lipinski definition) is 0. The molecule has 0 atom stereocenters. The van der Waals surface area contributed by atoms with Crippen LogP contribution in [0.4, 0.5) is 10.1 Å². The van der Waals surface area contributed by atoms with E-state index < -0.39 is 0 Å². The van der Waals surface area contributed by atoms with Gasteiger partial charge in [-0.3, -0.25) is 4.79 Å². The van der Waals surface area contributed by atoms with E-state index in [-0.39, 0.29) is 11.7 Å². The fourth-order valence-electron chi connectivity index (χ4n) is 2.28. The third-order valence-corrected chi connectivity index (χ3v) is 3.59. The first-order valence-electron chi connectivity index (χ1n) is 8.52. The predicted octanol–water partition coefficient (Wildman–Crippen LogP) is 4.47. The summed E-state index contributed by atoms with van der Waals surface area (Å²) in [5.41, 5.74) is 1.31. The molecule has 1 saturated heterocycles. The summed E-state index contributed by atoms with van der Waals surface area (Å²) in [6.45, 7) is 8.18. The Morgan fingerprint density at radius 1 is 0.963 bits per heavy atom. The van der Waals surface area contributed by atoms with Gasteiger partial charge >= 0.3 is 0 Å². The van der Waals surface area contributed by atoms with Gasteiger partial charge in [0.1, 0.15) is 5.82 Å². The molecule has 1 fully saturated rings. The second kappa shape index (κ2) is 10.9. The number of ether oxygens (including phenoxy) is 3. The van der Waals surface area contributed by atoms with Gasteiger partial charge in [0, 0.05) is 17.7 Å². The van der Waals surface area contributed by atoms with Crippen LogP contribution in [-0.2, 0) is 4.79 Å². The van der Waals surface area contributed by atoms with Crippen LogP contribution < -0.4 is 19.1 Å². The molecule has 1 heterocycles. The molecular formula is C21H26FNO4. The molecule has 2 aromatic rings. The summed E-state index contributed by atoms with van der Waals surface area (Å²) in [7, 11) is 4.62. The number of carbonyl (C=O) groups excluding carboxylic acids is 1. The molecule has 0 bridgehead atoms. The molecule has 0 N–H and O–H groups in total. The summed E-state index contributed by atoms with van der Waals surface area (Å²) in [4.78, 5) is 13.2. The molecule has 0 radical (unpaired) electrons. The van der Waals surface area contributed by atoms with E-state index >= 15 is 0 Å². The van der Waals surface area contributed by atoms with Crippen LogP contribution in [0.5, 0.6) is 17.2 Å². The van der Waals surface area contributed by atoms with Gasteiger partial charge in [0.2, 0.25) is 5.75 Å². The molecule has 1 aliphatic rings. The van der Waals surface area contributed by atoms with Crippen LogP contribution in [0.3, 0.4) is 0 Å². The maximum Gasteiger partial charge on any atom is 0.255 e. The number of carbonyl (C=O) groups is 1. The highest BCUT2D eigenvalue weighted by atomic mass is 19.1. The van der Waals surface area contributed by atoms with Crippen LogP contribution in [0.25, 0.3) is 0 Å². The van der Waals surface area contributed by atoms with Gasteiger partial charge < -0.3 is 19.1 Å². The van der Waals surface area contributed by atoms with Gasteiger partial charge in [0.05, 0.1) is 33.6 Å². The van der Waals surface area contributed by atoms with Gasteiger partial charge in [-0.25, -0.2) is 4.39 Å². The van der Waals surface area contributed by atoms with Crippen molar-refractivity contribution in [2.75, 3.05) is 32.8 Å². The molecule has 0 aromatic heterocycles. The van der Waals surface area contributed by atoms with Gasteiger partial charge in [-0.2, -0.15) is 0 Å². The molecule has 2 aromatic carbocycles. The summed E-state index contributed by atoms with van der Waals surface area (Å²) in [5.74, 6) is 1.30. The number of β-lactam (4-membered cyclic amide) rings is 1. The van der Waals surface area contributed by atoms with Gasteiger partial charge in [0.25, 0.3) is 5.91 Å². The molecular weight excluding hydrogens is 349 g/mol. The van der Waals surface area contributed by atoms with Crippen LogP contribution in [-0.4, -0.2) is 33.8 Å². The minimum atomic E-state index is -0.178. The van der Waals surface area contributed by atoms with Crippen LogP contribution in [0, 0.1) is 5.82 Å². The lowest BCUT2D eigenvalue weighted by Crippen LogP contribution is -2.45. The highest BCUT2D eigenvalue weighted by molar-refractivity contribution is 6.13. The van der Waals surface area contributed by atoms with E-state index in [0.717, 1.165) is 0 Å².